The topological polar surface area (TPSA) is 68.3 Å². The summed E-state index contributed by atoms with van der Waals surface area (Å²) in [5.41, 5.74) is 1.19. The molecule has 28 heavy (non-hydrogen) atoms. The molecule has 0 bridgehead atoms. The van der Waals surface area contributed by atoms with Gasteiger partial charge in [0.25, 0.3) is 5.56 Å². The van der Waals surface area contributed by atoms with Crippen LogP contribution in [-0.4, -0.2) is 49.8 Å². The van der Waals surface area contributed by atoms with E-state index in [1.807, 2.05) is 22.8 Å². The van der Waals surface area contributed by atoms with Crippen molar-refractivity contribution in [2.24, 2.45) is 14.1 Å². The highest BCUT2D eigenvalue weighted by molar-refractivity contribution is 6.42. The molecule has 4 rings (SSSR count). The molecule has 0 radical (unpaired) electrons. The van der Waals surface area contributed by atoms with E-state index in [2.05, 4.69) is 14.8 Å². The zero-order valence-corrected chi connectivity index (χ0v) is 17.1. The molecule has 0 unspecified atom stereocenters. The third kappa shape index (κ3) is 3.21. The first kappa shape index (κ1) is 19.0. The first-order valence-corrected chi connectivity index (χ1v) is 9.65. The van der Waals surface area contributed by atoms with Crippen molar-refractivity contribution in [1.82, 2.24) is 23.6 Å². The van der Waals surface area contributed by atoms with E-state index < -0.39 is 0 Å². The lowest BCUT2D eigenvalue weighted by atomic mass is 10.2. The fourth-order valence-corrected chi connectivity index (χ4v) is 3.84. The Labute approximate surface area is 171 Å². The molecule has 0 amide bonds. The first-order valence-electron chi connectivity index (χ1n) is 8.90. The van der Waals surface area contributed by atoms with Crippen LogP contribution in [-0.2, 0) is 20.8 Å². The number of aryl methyl sites for hydroxylation is 1. The molecule has 1 aliphatic heterocycles. The van der Waals surface area contributed by atoms with E-state index in [-0.39, 0.29) is 11.2 Å². The minimum absolute atomic E-state index is 0.329. The lowest BCUT2D eigenvalue weighted by Gasteiger charge is -2.36. The van der Waals surface area contributed by atoms with Crippen molar-refractivity contribution < 1.29 is 0 Å². The predicted octanol–water partition coefficient (Wildman–Crippen LogP) is 1.52. The third-order valence-electron chi connectivity index (χ3n) is 5.21. The van der Waals surface area contributed by atoms with Gasteiger partial charge in [0.2, 0.25) is 0 Å². The number of halogens is 2. The number of piperazine rings is 1. The van der Waals surface area contributed by atoms with Crippen LogP contribution in [0.15, 0.2) is 34.1 Å². The second-order valence-electron chi connectivity index (χ2n) is 6.94. The van der Waals surface area contributed by atoms with Crippen LogP contribution in [0.3, 0.4) is 0 Å². The van der Waals surface area contributed by atoms with Crippen molar-refractivity contribution in [3.8, 4) is 0 Å². The van der Waals surface area contributed by atoms with E-state index in [1.165, 1.54) is 11.6 Å². The van der Waals surface area contributed by atoms with Crippen molar-refractivity contribution in [2.45, 2.75) is 6.67 Å². The maximum Gasteiger partial charge on any atom is 0.332 e. The maximum absolute atomic E-state index is 12.6. The minimum Gasteiger partial charge on any atom is -0.369 e. The van der Waals surface area contributed by atoms with Gasteiger partial charge in [-0.05, 0) is 18.2 Å². The van der Waals surface area contributed by atoms with Gasteiger partial charge in [-0.1, -0.05) is 23.2 Å². The third-order valence-corrected chi connectivity index (χ3v) is 5.95. The summed E-state index contributed by atoms with van der Waals surface area (Å²) in [6.45, 7) is 3.86. The van der Waals surface area contributed by atoms with Crippen LogP contribution < -0.4 is 16.1 Å². The molecule has 10 heteroatoms. The Morgan fingerprint density at radius 3 is 2.39 bits per heavy atom. The molecular weight excluding hydrogens is 403 g/mol. The molecule has 1 aromatic carbocycles. The fraction of sp³-hybridized carbons (Fsp3) is 0.389. The van der Waals surface area contributed by atoms with Gasteiger partial charge in [0.15, 0.2) is 11.2 Å². The molecule has 2 aromatic heterocycles. The number of imidazole rings is 1. The molecule has 8 nitrogen and oxygen atoms in total. The maximum atomic E-state index is 12.6. The fourth-order valence-electron chi connectivity index (χ4n) is 3.55. The molecule has 1 saturated heterocycles. The van der Waals surface area contributed by atoms with E-state index in [4.69, 9.17) is 23.2 Å². The summed E-state index contributed by atoms with van der Waals surface area (Å²) in [5.74, 6) is 0. The van der Waals surface area contributed by atoms with Gasteiger partial charge < -0.3 is 9.47 Å². The van der Waals surface area contributed by atoms with Crippen LogP contribution in [0.2, 0.25) is 10.0 Å². The highest BCUT2D eigenvalue weighted by atomic mass is 35.5. The zero-order valence-electron chi connectivity index (χ0n) is 15.6. The molecule has 0 aliphatic carbocycles. The number of fused-ring (bicyclic) bond motifs is 1. The Morgan fingerprint density at radius 2 is 1.71 bits per heavy atom. The lowest BCUT2D eigenvalue weighted by molar-refractivity contribution is 0.208. The quantitative estimate of drug-likeness (QED) is 0.639. The summed E-state index contributed by atoms with van der Waals surface area (Å²) in [6, 6.07) is 5.66. The van der Waals surface area contributed by atoms with Crippen molar-refractivity contribution in [2.75, 3.05) is 31.1 Å². The van der Waals surface area contributed by atoms with Crippen LogP contribution in [0, 0.1) is 0 Å². The van der Waals surface area contributed by atoms with Gasteiger partial charge in [-0.15, -0.1) is 0 Å². The van der Waals surface area contributed by atoms with Crippen molar-refractivity contribution in [1.29, 1.82) is 0 Å². The number of benzene rings is 1. The Morgan fingerprint density at radius 1 is 1.00 bits per heavy atom. The number of aromatic nitrogens is 4. The van der Waals surface area contributed by atoms with Gasteiger partial charge in [-0.3, -0.25) is 18.8 Å². The summed E-state index contributed by atoms with van der Waals surface area (Å²) >= 11 is 12.1. The number of rotatable bonds is 3. The second kappa shape index (κ2) is 7.27. The number of hydrogen-bond acceptors (Lipinski definition) is 5. The van der Waals surface area contributed by atoms with Gasteiger partial charge in [0, 0.05) is 46.0 Å². The molecule has 0 atom stereocenters. The van der Waals surface area contributed by atoms with E-state index in [0.717, 1.165) is 36.4 Å². The van der Waals surface area contributed by atoms with Crippen molar-refractivity contribution in [3.05, 3.63) is 55.4 Å². The molecule has 1 fully saturated rings. The second-order valence-corrected chi connectivity index (χ2v) is 7.75. The lowest BCUT2D eigenvalue weighted by Crippen LogP contribution is -2.47. The SMILES string of the molecule is Cn1c(=O)c2c(ncn2CN2CCN(c3ccc(Cl)c(Cl)c3)CC2)n(C)c1=O. The first-order chi connectivity index (χ1) is 13.4. The van der Waals surface area contributed by atoms with Gasteiger partial charge in [-0.25, -0.2) is 9.78 Å². The number of nitrogens with zero attached hydrogens (tertiary/aromatic N) is 6. The summed E-state index contributed by atoms with van der Waals surface area (Å²) in [7, 11) is 3.11. The molecule has 0 saturated carbocycles. The van der Waals surface area contributed by atoms with E-state index in [1.54, 1.807) is 13.4 Å². The number of hydrogen-bond donors (Lipinski definition) is 0. The molecule has 148 valence electrons. The average Bonchev–Trinajstić information content (AvgIpc) is 3.11. The summed E-state index contributed by atoms with van der Waals surface area (Å²) in [5, 5.41) is 1.10. The summed E-state index contributed by atoms with van der Waals surface area (Å²) in [6.07, 6.45) is 1.62. The monoisotopic (exact) mass is 422 g/mol. The average molecular weight is 423 g/mol. The Kier molecular flexibility index (Phi) is 4.95. The Bertz CT molecular complexity index is 1160. The van der Waals surface area contributed by atoms with Crippen LogP contribution >= 0.6 is 23.2 Å². The molecule has 1 aliphatic rings. The summed E-state index contributed by atoms with van der Waals surface area (Å²) in [4.78, 5) is 33.4. The smallest absolute Gasteiger partial charge is 0.332 e. The Balaban J connectivity index is 1.52. The standard InChI is InChI=1S/C18H20Cl2N6O2/c1-22-16-15(17(27)23(2)18(22)28)26(10-21-16)11-24-5-7-25(8-6-24)12-3-4-13(19)14(20)9-12/h3-4,9-10H,5-8,11H2,1-2H3. The normalized spacial score (nSPS) is 15.5. The summed E-state index contributed by atoms with van der Waals surface area (Å²) < 4.78 is 4.32. The van der Waals surface area contributed by atoms with Crippen molar-refractivity contribution >= 4 is 40.1 Å². The molecular formula is C18H20Cl2N6O2. The molecule has 0 N–H and O–H groups in total. The van der Waals surface area contributed by atoms with Crippen LogP contribution in [0.5, 0.6) is 0 Å². The highest BCUT2D eigenvalue weighted by Gasteiger charge is 2.20. The number of anilines is 1. The predicted molar refractivity (Wildman–Crippen MR) is 110 cm³/mol. The van der Waals surface area contributed by atoms with Crippen LogP contribution in [0.4, 0.5) is 5.69 Å². The van der Waals surface area contributed by atoms with Crippen LogP contribution in [0.1, 0.15) is 0 Å². The molecule has 3 heterocycles. The van der Waals surface area contributed by atoms with Gasteiger partial charge in [0.05, 0.1) is 23.0 Å². The van der Waals surface area contributed by atoms with Crippen LogP contribution in [0.25, 0.3) is 11.2 Å². The molecule has 0 spiro atoms. The largest absolute Gasteiger partial charge is 0.369 e. The van der Waals surface area contributed by atoms with E-state index in [0.29, 0.717) is 27.9 Å². The minimum atomic E-state index is -0.377. The van der Waals surface area contributed by atoms with Gasteiger partial charge in [0.1, 0.15) is 0 Å². The van der Waals surface area contributed by atoms with Crippen molar-refractivity contribution in [3.63, 3.8) is 0 Å². The van der Waals surface area contributed by atoms with Gasteiger partial charge >= 0.3 is 5.69 Å². The highest BCUT2D eigenvalue weighted by Crippen LogP contribution is 2.27. The van der Waals surface area contributed by atoms with E-state index >= 15 is 0 Å². The molecule has 3 aromatic rings. The Hall–Kier alpha value is -2.29. The van der Waals surface area contributed by atoms with E-state index in [9.17, 15) is 9.59 Å². The zero-order chi connectivity index (χ0) is 20.0. The van der Waals surface area contributed by atoms with Gasteiger partial charge in [-0.2, -0.15) is 0 Å².